The van der Waals surface area contributed by atoms with Crippen molar-refractivity contribution in [2.75, 3.05) is 4.90 Å². The molecule has 3 nitrogen and oxygen atoms in total. The predicted molar refractivity (Wildman–Crippen MR) is 70.0 cm³/mol. The van der Waals surface area contributed by atoms with E-state index >= 15 is 0 Å². The van der Waals surface area contributed by atoms with Crippen molar-refractivity contribution in [2.24, 2.45) is 0 Å². The van der Waals surface area contributed by atoms with Gasteiger partial charge in [-0.2, -0.15) is 13.2 Å². The van der Waals surface area contributed by atoms with Gasteiger partial charge in [0.05, 0.1) is 12.1 Å². The summed E-state index contributed by atoms with van der Waals surface area (Å²) >= 11 is 0. The van der Waals surface area contributed by atoms with Gasteiger partial charge < -0.3 is 10.0 Å². The molecular weight excluding hydrogens is 302 g/mol. The zero-order valence-corrected chi connectivity index (χ0v) is 11.0. The first kappa shape index (κ1) is 14.4. The standard InChI is InChI=1S/C15H9F4NO2/c16-12-6-8(4-5-11(12)15(17,18)19)20-7-10-9(14(20)22)2-1-3-13(10)21/h1-6,21H,7H2. The van der Waals surface area contributed by atoms with E-state index in [1.54, 1.807) is 0 Å². The van der Waals surface area contributed by atoms with Crippen molar-refractivity contribution in [2.45, 2.75) is 12.7 Å². The Morgan fingerprint density at radius 3 is 2.45 bits per heavy atom. The molecule has 114 valence electrons. The van der Waals surface area contributed by atoms with Crippen LogP contribution < -0.4 is 4.90 Å². The average Bonchev–Trinajstić information content (AvgIpc) is 2.76. The number of carbonyl (C=O) groups excluding carboxylic acids is 1. The smallest absolute Gasteiger partial charge is 0.419 e. The van der Waals surface area contributed by atoms with E-state index in [2.05, 4.69) is 0 Å². The van der Waals surface area contributed by atoms with Crippen LogP contribution in [0.25, 0.3) is 0 Å². The number of hydrogen-bond donors (Lipinski definition) is 1. The third kappa shape index (κ3) is 2.18. The van der Waals surface area contributed by atoms with E-state index in [1.807, 2.05) is 0 Å². The molecule has 0 aliphatic carbocycles. The van der Waals surface area contributed by atoms with Gasteiger partial charge in [0.1, 0.15) is 11.6 Å². The van der Waals surface area contributed by atoms with Gasteiger partial charge >= 0.3 is 6.18 Å². The van der Waals surface area contributed by atoms with Gasteiger partial charge in [-0.25, -0.2) is 4.39 Å². The van der Waals surface area contributed by atoms with Crippen LogP contribution in [0, 0.1) is 5.82 Å². The highest BCUT2D eigenvalue weighted by atomic mass is 19.4. The number of nitrogens with zero attached hydrogens (tertiary/aromatic N) is 1. The lowest BCUT2D eigenvalue weighted by Gasteiger charge is -2.17. The van der Waals surface area contributed by atoms with Gasteiger partial charge in [0.15, 0.2) is 0 Å². The number of alkyl halides is 3. The van der Waals surface area contributed by atoms with Crippen molar-refractivity contribution in [1.82, 2.24) is 0 Å². The number of halogens is 4. The van der Waals surface area contributed by atoms with Crippen molar-refractivity contribution >= 4 is 11.6 Å². The second-order valence-corrected chi connectivity index (χ2v) is 4.86. The van der Waals surface area contributed by atoms with E-state index in [9.17, 15) is 27.5 Å². The highest BCUT2D eigenvalue weighted by molar-refractivity contribution is 6.10. The fourth-order valence-corrected chi connectivity index (χ4v) is 2.43. The Morgan fingerprint density at radius 2 is 1.86 bits per heavy atom. The maximum Gasteiger partial charge on any atom is 0.419 e. The molecule has 0 saturated carbocycles. The van der Waals surface area contributed by atoms with Crippen LogP contribution in [0.2, 0.25) is 0 Å². The number of rotatable bonds is 1. The van der Waals surface area contributed by atoms with Crippen LogP contribution in [0.3, 0.4) is 0 Å². The molecule has 22 heavy (non-hydrogen) atoms. The molecule has 1 aliphatic rings. The number of hydrogen-bond acceptors (Lipinski definition) is 2. The minimum Gasteiger partial charge on any atom is -0.508 e. The van der Waals surface area contributed by atoms with Gasteiger partial charge in [-0.15, -0.1) is 0 Å². The van der Waals surface area contributed by atoms with E-state index in [0.717, 1.165) is 11.0 Å². The number of phenols is 1. The lowest BCUT2D eigenvalue weighted by atomic mass is 10.1. The van der Waals surface area contributed by atoms with Crippen LogP contribution >= 0.6 is 0 Å². The molecule has 3 rings (SSSR count). The summed E-state index contributed by atoms with van der Waals surface area (Å²) < 4.78 is 51.3. The highest BCUT2D eigenvalue weighted by Crippen LogP contribution is 2.36. The van der Waals surface area contributed by atoms with Crippen molar-refractivity contribution < 1.29 is 27.5 Å². The fraction of sp³-hybridized carbons (Fsp3) is 0.133. The molecule has 2 aromatic carbocycles. The van der Waals surface area contributed by atoms with Crippen molar-refractivity contribution in [3.05, 3.63) is 58.9 Å². The van der Waals surface area contributed by atoms with Crippen LogP contribution in [0.1, 0.15) is 21.5 Å². The van der Waals surface area contributed by atoms with E-state index in [-0.39, 0.29) is 23.5 Å². The monoisotopic (exact) mass is 311 g/mol. The second-order valence-electron chi connectivity index (χ2n) is 4.86. The second kappa shape index (κ2) is 4.72. The Morgan fingerprint density at radius 1 is 1.14 bits per heavy atom. The first-order valence-corrected chi connectivity index (χ1v) is 6.28. The van der Waals surface area contributed by atoms with Crippen LogP contribution in [0.4, 0.5) is 23.2 Å². The van der Waals surface area contributed by atoms with Gasteiger partial charge in [0.2, 0.25) is 0 Å². The van der Waals surface area contributed by atoms with Crippen LogP contribution in [-0.2, 0) is 12.7 Å². The summed E-state index contributed by atoms with van der Waals surface area (Å²) in [6.07, 6.45) is -4.79. The topological polar surface area (TPSA) is 40.5 Å². The normalized spacial score (nSPS) is 14.4. The van der Waals surface area contributed by atoms with E-state index in [4.69, 9.17) is 0 Å². The van der Waals surface area contributed by atoms with Gasteiger partial charge in [-0.3, -0.25) is 4.79 Å². The summed E-state index contributed by atoms with van der Waals surface area (Å²) in [6.45, 7) is -0.0222. The summed E-state index contributed by atoms with van der Waals surface area (Å²) in [5.41, 5.74) is -0.762. The minimum absolute atomic E-state index is 0.00565. The Bertz CT molecular complexity index is 771. The third-order valence-electron chi connectivity index (χ3n) is 3.51. The van der Waals surface area contributed by atoms with Gasteiger partial charge in [-0.05, 0) is 30.3 Å². The van der Waals surface area contributed by atoms with Crippen LogP contribution in [-0.4, -0.2) is 11.0 Å². The average molecular weight is 311 g/mol. The molecule has 7 heteroatoms. The first-order chi connectivity index (χ1) is 10.3. The minimum atomic E-state index is -4.79. The maximum absolute atomic E-state index is 13.6. The lowest BCUT2D eigenvalue weighted by Crippen LogP contribution is -2.23. The zero-order valence-electron chi connectivity index (χ0n) is 11.0. The number of anilines is 1. The highest BCUT2D eigenvalue weighted by Gasteiger charge is 2.35. The molecule has 1 N–H and O–H groups in total. The Labute approximate surface area is 122 Å². The maximum atomic E-state index is 13.6. The number of phenolic OH excluding ortho intramolecular Hbond substituents is 1. The fourth-order valence-electron chi connectivity index (χ4n) is 2.43. The summed E-state index contributed by atoms with van der Waals surface area (Å²) in [6, 6.07) is 6.70. The SMILES string of the molecule is O=C1c2cccc(O)c2CN1c1ccc(C(F)(F)F)c(F)c1. The number of amides is 1. The van der Waals surface area contributed by atoms with Crippen molar-refractivity contribution in [3.63, 3.8) is 0 Å². The Kier molecular flexibility index (Phi) is 3.09. The first-order valence-electron chi connectivity index (χ1n) is 6.28. The molecule has 0 unspecified atom stereocenters. The molecule has 0 aromatic heterocycles. The summed E-state index contributed by atoms with van der Waals surface area (Å²) in [5, 5.41) is 9.72. The molecule has 0 radical (unpaired) electrons. The molecule has 1 aliphatic heterocycles. The van der Waals surface area contributed by atoms with Gasteiger partial charge in [-0.1, -0.05) is 6.07 Å². The Balaban J connectivity index is 1.99. The molecule has 0 bridgehead atoms. The van der Waals surface area contributed by atoms with Crippen molar-refractivity contribution in [3.8, 4) is 5.75 Å². The molecule has 2 aromatic rings. The molecule has 0 atom stereocenters. The molecule has 1 heterocycles. The molecule has 1 amide bonds. The third-order valence-corrected chi connectivity index (χ3v) is 3.51. The van der Waals surface area contributed by atoms with Gasteiger partial charge in [0, 0.05) is 16.8 Å². The quantitative estimate of drug-likeness (QED) is 0.816. The van der Waals surface area contributed by atoms with Gasteiger partial charge in [0.25, 0.3) is 5.91 Å². The number of benzene rings is 2. The summed E-state index contributed by atoms with van der Waals surface area (Å²) in [7, 11) is 0. The van der Waals surface area contributed by atoms with E-state index < -0.39 is 23.5 Å². The number of aromatic hydroxyl groups is 1. The van der Waals surface area contributed by atoms with E-state index in [0.29, 0.717) is 17.7 Å². The number of carbonyl (C=O) groups is 1. The van der Waals surface area contributed by atoms with Crippen molar-refractivity contribution in [1.29, 1.82) is 0 Å². The summed E-state index contributed by atoms with van der Waals surface area (Å²) in [5.74, 6) is -2.02. The Hall–Kier alpha value is -2.57. The molecule has 0 saturated heterocycles. The van der Waals surface area contributed by atoms with Crippen LogP contribution in [0.5, 0.6) is 5.75 Å². The molecule has 0 fully saturated rings. The van der Waals surface area contributed by atoms with E-state index in [1.165, 1.54) is 18.2 Å². The largest absolute Gasteiger partial charge is 0.508 e. The lowest BCUT2D eigenvalue weighted by molar-refractivity contribution is -0.139. The zero-order chi connectivity index (χ0) is 16.1. The molecule has 0 spiro atoms. The van der Waals surface area contributed by atoms with Crippen LogP contribution in [0.15, 0.2) is 36.4 Å². The predicted octanol–water partition coefficient (Wildman–Crippen LogP) is 3.71. The summed E-state index contributed by atoms with van der Waals surface area (Å²) in [4.78, 5) is 13.3. The number of fused-ring (bicyclic) bond motifs is 1. The molecular formula is C15H9F4NO2.